The summed E-state index contributed by atoms with van der Waals surface area (Å²) in [6.07, 6.45) is 7.50. The molecule has 0 bridgehead atoms. The molecule has 2 rings (SSSR count). The van der Waals surface area contributed by atoms with Crippen molar-refractivity contribution in [3.05, 3.63) is 22.3 Å². The van der Waals surface area contributed by atoms with Gasteiger partial charge in [0.2, 0.25) is 0 Å². The Balaban J connectivity index is 2.12. The number of amides is 1. The maximum absolute atomic E-state index is 12.4. The highest BCUT2D eigenvalue weighted by molar-refractivity contribution is 9.10. The van der Waals surface area contributed by atoms with Gasteiger partial charge in [0.25, 0.3) is 5.91 Å². The van der Waals surface area contributed by atoms with E-state index < -0.39 is 0 Å². The summed E-state index contributed by atoms with van der Waals surface area (Å²) in [6, 6.07) is 1.97. The van der Waals surface area contributed by atoms with Crippen molar-refractivity contribution in [1.82, 2.24) is 10.3 Å². The molecule has 5 nitrogen and oxygen atoms in total. The fourth-order valence-electron chi connectivity index (χ4n) is 2.68. The van der Waals surface area contributed by atoms with Gasteiger partial charge < -0.3 is 10.7 Å². The van der Waals surface area contributed by atoms with Crippen LogP contribution in [-0.4, -0.2) is 16.9 Å². The maximum Gasteiger partial charge on any atom is 0.255 e. The zero-order chi connectivity index (χ0) is 14.5. The summed E-state index contributed by atoms with van der Waals surface area (Å²) in [5, 5.41) is 3.13. The molecule has 1 saturated carbocycles. The van der Waals surface area contributed by atoms with Gasteiger partial charge in [-0.15, -0.1) is 0 Å². The van der Waals surface area contributed by atoms with Crippen LogP contribution in [0.3, 0.4) is 0 Å². The third-order valence-electron chi connectivity index (χ3n) is 3.91. The molecule has 0 radical (unpaired) electrons. The van der Waals surface area contributed by atoms with E-state index >= 15 is 0 Å². The Morgan fingerprint density at radius 1 is 1.40 bits per heavy atom. The molecule has 1 amide bonds. The number of nitrogen functional groups attached to an aromatic ring is 1. The summed E-state index contributed by atoms with van der Waals surface area (Å²) in [5.41, 5.74) is 2.94. The second-order valence-corrected chi connectivity index (χ2v) is 6.30. The van der Waals surface area contributed by atoms with Gasteiger partial charge in [0, 0.05) is 16.7 Å². The summed E-state index contributed by atoms with van der Waals surface area (Å²) in [4.78, 5) is 16.5. The maximum atomic E-state index is 12.4. The molecular weight excluding hydrogens is 320 g/mol. The Kier molecular flexibility index (Phi) is 5.37. The van der Waals surface area contributed by atoms with E-state index in [1.165, 1.54) is 25.7 Å². The van der Waals surface area contributed by atoms with E-state index in [1.807, 2.05) is 0 Å². The standard InChI is InChI=1S/C14H21BrN4O/c1-9-5-3-2-4-6-12(9)18-14(20)11-7-10(15)8-17-13(11)19-16/h7-9,12H,2-6,16H2,1H3,(H,17,19)(H,18,20). The topological polar surface area (TPSA) is 80.0 Å². The van der Waals surface area contributed by atoms with Gasteiger partial charge in [-0.05, 0) is 40.8 Å². The Morgan fingerprint density at radius 2 is 2.15 bits per heavy atom. The number of halogens is 1. The van der Waals surface area contributed by atoms with Crippen LogP contribution in [0.25, 0.3) is 0 Å². The van der Waals surface area contributed by atoms with Gasteiger partial charge in [-0.3, -0.25) is 4.79 Å². The molecular formula is C14H21BrN4O. The number of rotatable bonds is 3. The van der Waals surface area contributed by atoms with Crippen molar-refractivity contribution in [2.75, 3.05) is 5.43 Å². The van der Waals surface area contributed by atoms with E-state index in [4.69, 9.17) is 5.84 Å². The van der Waals surface area contributed by atoms with Crippen LogP contribution in [0.2, 0.25) is 0 Å². The fourth-order valence-corrected chi connectivity index (χ4v) is 3.01. The highest BCUT2D eigenvalue weighted by atomic mass is 79.9. The number of hydrogen-bond donors (Lipinski definition) is 3. The van der Waals surface area contributed by atoms with E-state index in [-0.39, 0.29) is 11.9 Å². The van der Waals surface area contributed by atoms with Crippen molar-refractivity contribution in [2.45, 2.75) is 45.1 Å². The molecule has 0 aliphatic heterocycles. The molecule has 1 fully saturated rings. The summed E-state index contributed by atoms with van der Waals surface area (Å²) < 4.78 is 0.760. The average molecular weight is 341 g/mol. The zero-order valence-electron chi connectivity index (χ0n) is 11.7. The number of aromatic nitrogens is 1. The highest BCUT2D eigenvalue weighted by Gasteiger charge is 2.23. The van der Waals surface area contributed by atoms with Gasteiger partial charge >= 0.3 is 0 Å². The largest absolute Gasteiger partial charge is 0.349 e. The number of hydrazine groups is 1. The first kappa shape index (κ1) is 15.3. The smallest absolute Gasteiger partial charge is 0.255 e. The SMILES string of the molecule is CC1CCCCCC1NC(=O)c1cc(Br)cnc1NN. The van der Waals surface area contributed by atoms with Crippen molar-refractivity contribution in [3.63, 3.8) is 0 Å². The Labute approximate surface area is 127 Å². The number of anilines is 1. The molecule has 1 aromatic heterocycles. The Bertz CT molecular complexity index is 480. The lowest BCUT2D eigenvalue weighted by atomic mass is 9.96. The van der Waals surface area contributed by atoms with E-state index in [2.05, 4.69) is 38.6 Å². The van der Waals surface area contributed by atoms with Crippen LogP contribution in [-0.2, 0) is 0 Å². The second-order valence-electron chi connectivity index (χ2n) is 5.39. The van der Waals surface area contributed by atoms with Crippen LogP contribution in [0.5, 0.6) is 0 Å². The van der Waals surface area contributed by atoms with Crippen molar-refractivity contribution >= 4 is 27.7 Å². The van der Waals surface area contributed by atoms with Gasteiger partial charge in [0.15, 0.2) is 5.82 Å². The quantitative estimate of drug-likeness (QED) is 0.449. The molecule has 2 atom stereocenters. The first-order chi connectivity index (χ1) is 9.61. The molecule has 1 aliphatic rings. The number of nitrogens with one attached hydrogen (secondary N) is 2. The van der Waals surface area contributed by atoms with Crippen LogP contribution in [0.4, 0.5) is 5.82 Å². The van der Waals surface area contributed by atoms with Crippen LogP contribution < -0.4 is 16.6 Å². The Morgan fingerprint density at radius 3 is 2.90 bits per heavy atom. The highest BCUT2D eigenvalue weighted by Crippen LogP contribution is 2.24. The summed E-state index contributed by atoms with van der Waals surface area (Å²) >= 11 is 3.33. The van der Waals surface area contributed by atoms with Crippen molar-refractivity contribution < 1.29 is 4.79 Å². The molecule has 2 unspecified atom stereocenters. The Hall–Kier alpha value is -1.14. The minimum Gasteiger partial charge on any atom is -0.349 e. The zero-order valence-corrected chi connectivity index (χ0v) is 13.2. The molecule has 4 N–H and O–H groups in total. The van der Waals surface area contributed by atoms with Crippen LogP contribution in [0, 0.1) is 5.92 Å². The fraction of sp³-hybridized carbons (Fsp3) is 0.571. The molecule has 0 saturated heterocycles. The third-order valence-corrected chi connectivity index (χ3v) is 4.35. The van der Waals surface area contributed by atoms with Gasteiger partial charge in [-0.2, -0.15) is 0 Å². The molecule has 1 heterocycles. The first-order valence-electron chi connectivity index (χ1n) is 7.05. The van der Waals surface area contributed by atoms with Crippen LogP contribution in [0.15, 0.2) is 16.7 Å². The van der Waals surface area contributed by atoms with Gasteiger partial charge in [-0.25, -0.2) is 10.8 Å². The summed E-state index contributed by atoms with van der Waals surface area (Å²) in [5.74, 6) is 6.20. The van der Waals surface area contributed by atoms with Gasteiger partial charge in [0.05, 0.1) is 5.56 Å². The van der Waals surface area contributed by atoms with E-state index in [9.17, 15) is 4.79 Å². The normalized spacial score (nSPS) is 22.9. The minimum absolute atomic E-state index is 0.120. The number of carbonyl (C=O) groups is 1. The molecule has 6 heteroatoms. The van der Waals surface area contributed by atoms with Gasteiger partial charge in [-0.1, -0.05) is 26.2 Å². The molecule has 20 heavy (non-hydrogen) atoms. The number of pyridine rings is 1. The van der Waals surface area contributed by atoms with E-state index in [1.54, 1.807) is 12.3 Å². The van der Waals surface area contributed by atoms with Crippen molar-refractivity contribution in [2.24, 2.45) is 11.8 Å². The monoisotopic (exact) mass is 340 g/mol. The third kappa shape index (κ3) is 3.70. The van der Waals surface area contributed by atoms with E-state index in [0.717, 1.165) is 10.9 Å². The summed E-state index contributed by atoms with van der Waals surface area (Å²) in [7, 11) is 0. The number of carbonyl (C=O) groups excluding carboxylic acids is 1. The lowest BCUT2D eigenvalue weighted by molar-refractivity contribution is 0.0922. The second kappa shape index (κ2) is 7.04. The average Bonchev–Trinajstić information content (AvgIpc) is 2.64. The first-order valence-corrected chi connectivity index (χ1v) is 7.84. The molecule has 0 spiro atoms. The summed E-state index contributed by atoms with van der Waals surface area (Å²) in [6.45, 7) is 2.21. The van der Waals surface area contributed by atoms with Gasteiger partial charge in [0.1, 0.15) is 0 Å². The van der Waals surface area contributed by atoms with Crippen LogP contribution in [0.1, 0.15) is 49.4 Å². The van der Waals surface area contributed by atoms with Crippen molar-refractivity contribution in [1.29, 1.82) is 0 Å². The minimum atomic E-state index is -0.120. The number of hydrogen-bond acceptors (Lipinski definition) is 4. The molecule has 1 aliphatic carbocycles. The van der Waals surface area contributed by atoms with Crippen LogP contribution >= 0.6 is 15.9 Å². The molecule has 1 aromatic rings. The van der Waals surface area contributed by atoms with E-state index in [0.29, 0.717) is 17.3 Å². The predicted molar refractivity (Wildman–Crippen MR) is 83.3 cm³/mol. The predicted octanol–water partition coefficient (Wildman–Crippen LogP) is 2.83. The lowest BCUT2D eigenvalue weighted by Gasteiger charge is -2.23. The lowest BCUT2D eigenvalue weighted by Crippen LogP contribution is -2.39. The molecule has 0 aromatic carbocycles. The van der Waals surface area contributed by atoms with Crippen molar-refractivity contribution in [3.8, 4) is 0 Å². The number of nitrogens with two attached hydrogens (primary N) is 1. The number of nitrogens with zero attached hydrogens (tertiary/aromatic N) is 1. The molecule has 110 valence electrons.